The summed E-state index contributed by atoms with van der Waals surface area (Å²) in [6, 6.07) is 9.80. The summed E-state index contributed by atoms with van der Waals surface area (Å²) >= 11 is 3.70. The van der Waals surface area contributed by atoms with Crippen LogP contribution in [-0.2, 0) is 9.47 Å². The average Bonchev–Trinajstić information content (AvgIpc) is 2.92. The molecule has 0 bridgehead atoms. The number of benzene rings is 1. The fourth-order valence-corrected chi connectivity index (χ4v) is 3.52. The maximum atomic E-state index is 12.4. The van der Waals surface area contributed by atoms with Gasteiger partial charge < -0.3 is 9.47 Å². The van der Waals surface area contributed by atoms with Crippen LogP contribution in [0.15, 0.2) is 42.5 Å². The number of allylic oxidation sites excluding steroid dienone is 1. The fourth-order valence-electron chi connectivity index (χ4n) is 2.92. The lowest BCUT2D eigenvalue weighted by molar-refractivity contribution is -0.0676. The van der Waals surface area contributed by atoms with Gasteiger partial charge in [0.05, 0.1) is 12.6 Å². The van der Waals surface area contributed by atoms with E-state index in [9.17, 15) is 4.79 Å². The Hall–Kier alpha value is -1.33. The van der Waals surface area contributed by atoms with Gasteiger partial charge in [0.2, 0.25) is 0 Å². The Morgan fingerprint density at radius 1 is 1.38 bits per heavy atom. The van der Waals surface area contributed by atoms with Crippen LogP contribution in [0.1, 0.15) is 25.5 Å². The third kappa shape index (κ3) is 2.38. The van der Waals surface area contributed by atoms with Crippen molar-refractivity contribution in [3.63, 3.8) is 0 Å². The fraction of sp³-hybridized carbons (Fsp3) is 0.438. The van der Waals surface area contributed by atoms with Gasteiger partial charge in [-0.05, 0) is 25.5 Å². The maximum Gasteiger partial charge on any atom is 0.413 e. The van der Waals surface area contributed by atoms with E-state index in [1.165, 1.54) is 0 Å². The molecule has 0 saturated carbocycles. The smallest absolute Gasteiger partial charge is 0.413 e. The maximum absolute atomic E-state index is 12.4. The first-order valence-electron chi connectivity index (χ1n) is 7.03. The van der Waals surface area contributed by atoms with Crippen LogP contribution in [0, 0.1) is 0 Å². The Balaban J connectivity index is 1.93. The molecule has 112 valence electrons. The highest BCUT2D eigenvalue weighted by Crippen LogP contribution is 2.45. The molecule has 0 N–H and O–H groups in total. The summed E-state index contributed by atoms with van der Waals surface area (Å²) in [4.78, 5) is 14.1. The van der Waals surface area contributed by atoms with Crippen LogP contribution in [0.25, 0.3) is 0 Å². The van der Waals surface area contributed by atoms with E-state index >= 15 is 0 Å². The molecule has 2 aliphatic rings. The lowest BCUT2D eigenvalue weighted by Crippen LogP contribution is -2.60. The minimum absolute atomic E-state index is 0.105. The first-order valence-corrected chi connectivity index (χ1v) is 7.82. The first-order chi connectivity index (χ1) is 10.1. The normalized spacial score (nSPS) is 35.9. The van der Waals surface area contributed by atoms with Gasteiger partial charge in [-0.3, -0.25) is 4.90 Å². The van der Waals surface area contributed by atoms with Crippen LogP contribution in [0.4, 0.5) is 4.79 Å². The zero-order valence-corrected chi connectivity index (χ0v) is 13.6. The number of rotatable bonds is 2. The first kappa shape index (κ1) is 14.6. The van der Waals surface area contributed by atoms with E-state index in [2.05, 4.69) is 15.9 Å². The van der Waals surface area contributed by atoms with Crippen LogP contribution in [0.3, 0.4) is 0 Å². The Kier molecular flexibility index (Phi) is 3.80. The quantitative estimate of drug-likeness (QED) is 0.603. The molecule has 2 heterocycles. The molecule has 2 fully saturated rings. The Morgan fingerprint density at radius 2 is 2.10 bits per heavy atom. The van der Waals surface area contributed by atoms with Gasteiger partial charge in [0.15, 0.2) is 6.23 Å². The van der Waals surface area contributed by atoms with Crippen LogP contribution < -0.4 is 0 Å². The van der Waals surface area contributed by atoms with Crippen molar-refractivity contribution in [1.82, 2.24) is 4.90 Å². The molecule has 1 amide bonds. The third-order valence-electron chi connectivity index (χ3n) is 4.03. The summed E-state index contributed by atoms with van der Waals surface area (Å²) in [5.74, 6) is 0. The highest BCUT2D eigenvalue weighted by Gasteiger charge is 2.56. The predicted molar refractivity (Wildman–Crippen MR) is 83.2 cm³/mol. The number of hydrogen-bond acceptors (Lipinski definition) is 3. The number of carbonyl (C=O) groups is 1. The molecule has 0 radical (unpaired) electrons. The van der Waals surface area contributed by atoms with E-state index in [-0.39, 0.29) is 24.5 Å². The molecular weight excluding hydrogens is 334 g/mol. The molecule has 2 saturated heterocycles. The molecule has 0 aliphatic carbocycles. The minimum Gasteiger partial charge on any atom is -0.440 e. The average molecular weight is 352 g/mol. The number of carbonyl (C=O) groups excluding carboxylic acids is 1. The van der Waals surface area contributed by atoms with E-state index < -0.39 is 4.32 Å². The third-order valence-corrected chi connectivity index (χ3v) is 4.87. The van der Waals surface area contributed by atoms with Crippen molar-refractivity contribution in [2.24, 2.45) is 0 Å². The second kappa shape index (κ2) is 5.46. The van der Waals surface area contributed by atoms with Gasteiger partial charge in [-0.25, -0.2) is 4.79 Å². The molecule has 5 heteroatoms. The molecular formula is C16H18BrNO3. The van der Waals surface area contributed by atoms with E-state index in [0.29, 0.717) is 6.61 Å². The van der Waals surface area contributed by atoms with E-state index in [0.717, 1.165) is 5.56 Å². The minimum atomic E-state index is -0.475. The second-order valence-electron chi connectivity index (χ2n) is 5.50. The number of amides is 1. The number of nitrogens with zero attached hydrogens (tertiary/aromatic N) is 1. The molecule has 1 aromatic carbocycles. The summed E-state index contributed by atoms with van der Waals surface area (Å²) in [5.41, 5.74) is 1.06. The van der Waals surface area contributed by atoms with Crippen molar-refractivity contribution in [2.45, 2.75) is 36.5 Å². The molecule has 3 rings (SSSR count). The van der Waals surface area contributed by atoms with Gasteiger partial charge in [-0.2, -0.15) is 0 Å². The van der Waals surface area contributed by atoms with Gasteiger partial charge in [0, 0.05) is 0 Å². The monoisotopic (exact) mass is 351 g/mol. The van der Waals surface area contributed by atoms with Crippen LogP contribution in [0.2, 0.25) is 0 Å². The van der Waals surface area contributed by atoms with Gasteiger partial charge in [0.25, 0.3) is 0 Å². The van der Waals surface area contributed by atoms with Crippen LogP contribution in [-0.4, -0.2) is 34.3 Å². The van der Waals surface area contributed by atoms with E-state index in [1.807, 2.05) is 56.3 Å². The molecule has 0 unspecified atom stereocenters. The van der Waals surface area contributed by atoms with Crippen molar-refractivity contribution in [2.75, 3.05) is 6.61 Å². The summed E-state index contributed by atoms with van der Waals surface area (Å²) in [6.45, 7) is 4.38. The Labute approximate surface area is 132 Å². The standard InChI is InChI=1S/C16H18BrNO3/c1-3-7-13-16(2,17)14-18(15(19)21-13)12(10-20-14)11-8-5-4-6-9-11/h3-9,12-14H,10H2,1-2H3/b7-3+/t12-,13-,14+,16-/m0/s1. The largest absolute Gasteiger partial charge is 0.440 e. The zero-order valence-electron chi connectivity index (χ0n) is 12.0. The number of hydrogen-bond donors (Lipinski definition) is 0. The number of alkyl halides is 1. The number of fused-ring (bicyclic) bond motifs is 1. The van der Waals surface area contributed by atoms with E-state index in [1.54, 1.807) is 4.90 Å². The van der Waals surface area contributed by atoms with Gasteiger partial charge in [-0.1, -0.05) is 52.3 Å². The highest BCUT2D eigenvalue weighted by atomic mass is 79.9. The molecule has 21 heavy (non-hydrogen) atoms. The molecule has 0 aromatic heterocycles. The molecule has 0 spiro atoms. The number of cyclic esters (lactones) is 1. The van der Waals surface area contributed by atoms with Crippen molar-refractivity contribution in [3.8, 4) is 0 Å². The van der Waals surface area contributed by atoms with Gasteiger partial charge >= 0.3 is 6.09 Å². The number of halogens is 1. The lowest BCUT2D eigenvalue weighted by Gasteiger charge is -2.44. The molecule has 4 nitrogen and oxygen atoms in total. The summed E-state index contributed by atoms with van der Waals surface area (Å²) in [5, 5.41) is 0. The zero-order chi connectivity index (χ0) is 15.0. The van der Waals surface area contributed by atoms with Crippen molar-refractivity contribution in [1.29, 1.82) is 0 Å². The Morgan fingerprint density at radius 3 is 2.76 bits per heavy atom. The van der Waals surface area contributed by atoms with E-state index in [4.69, 9.17) is 9.47 Å². The van der Waals surface area contributed by atoms with Crippen LogP contribution in [0.5, 0.6) is 0 Å². The highest BCUT2D eigenvalue weighted by molar-refractivity contribution is 9.10. The van der Waals surface area contributed by atoms with Gasteiger partial charge in [-0.15, -0.1) is 0 Å². The topological polar surface area (TPSA) is 38.8 Å². The molecule has 4 atom stereocenters. The van der Waals surface area contributed by atoms with Crippen LogP contribution >= 0.6 is 15.9 Å². The summed E-state index contributed by atoms with van der Waals surface area (Å²) in [7, 11) is 0. The second-order valence-corrected chi connectivity index (χ2v) is 7.21. The lowest BCUT2D eigenvalue weighted by atomic mass is 9.98. The van der Waals surface area contributed by atoms with Crippen molar-refractivity contribution >= 4 is 22.0 Å². The summed E-state index contributed by atoms with van der Waals surface area (Å²) in [6.07, 6.45) is 2.75. The molecule has 2 aliphatic heterocycles. The van der Waals surface area contributed by atoms with Crippen molar-refractivity contribution in [3.05, 3.63) is 48.0 Å². The molecule has 1 aromatic rings. The number of ether oxygens (including phenoxy) is 2. The Bertz CT molecular complexity index is 558. The summed E-state index contributed by atoms with van der Waals surface area (Å²) < 4.78 is 11.0. The predicted octanol–water partition coefficient (Wildman–Crippen LogP) is 3.63. The SMILES string of the molecule is C/C=C/[C@@H]1OC(=O)N2[C@H](c3ccccc3)CO[C@@H]2[C@@]1(C)Br. The van der Waals surface area contributed by atoms with Crippen molar-refractivity contribution < 1.29 is 14.3 Å². The van der Waals surface area contributed by atoms with Gasteiger partial charge in [0.1, 0.15) is 10.4 Å².